The monoisotopic (exact) mass is 496 g/mol. The van der Waals surface area contributed by atoms with Crippen molar-refractivity contribution in [3.05, 3.63) is 115 Å². The maximum Gasteiger partial charge on any atom is 0.319 e. The number of sulfonamides is 1. The number of fused-ring (bicyclic) bond motifs is 1. The predicted octanol–water partition coefficient (Wildman–Crippen LogP) is 5.96. The minimum atomic E-state index is -3.83. The van der Waals surface area contributed by atoms with Crippen LogP contribution in [0.4, 0.5) is 16.2 Å². The third-order valence-electron chi connectivity index (χ3n) is 5.73. The first-order valence-corrected chi connectivity index (χ1v) is 12.8. The van der Waals surface area contributed by atoms with Gasteiger partial charge in [0.1, 0.15) is 0 Å². The van der Waals surface area contributed by atoms with Gasteiger partial charge in [-0.15, -0.1) is 0 Å². The third kappa shape index (κ3) is 5.24. The lowest BCUT2D eigenvalue weighted by Gasteiger charge is -2.13. The van der Waals surface area contributed by atoms with E-state index in [9.17, 15) is 13.2 Å². The first-order chi connectivity index (χ1) is 17.5. The van der Waals surface area contributed by atoms with Crippen molar-refractivity contribution < 1.29 is 13.2 Å². The highest BCUT2D eigenvalue weighted by atomic mass is 32.2. The SMILES string of the molecule is O=C(NCc1ccc2[nH]ccc2c1)Nc1ccc(NS(=O)(=O)c2ccccc2-c2ccccc2)cc1. The molecule has 0 atom stereocenters. The standard InChI is InChI=1S/C28H24N4O3S/c33-28(30-19-20-10-15-26-22(18-20)16-17-29-26)31-23-11-13-24(14-12-23)32-36(34,35)27-9-5-4-8-25(27)21-6-2-1-3-7-21/h1-18,29,32H,19H2,(H2,30,31,33). The molecule has 0 radical (unpaired) electrons. The molecule has 0 unspecified atom stereocenters. The summed E-state index contributed by atoms with van der Waals surface area (Å²) in [7, 11) is -3.83. The number of carbonyl (C=O) groups excluding carboxylic acids is 1. The van der Waals surface area contributed by atoms with E-state index in [1.807, 2.05) is 66.9 Å². The van der Waals surface area contributed by atoms with Crippen LogP contribution in [-0.2, 0) is 16.6 Å². The lowest BCUT2D eigenvalue weighted by atomic mass is 10.1. The quantitative estimate of drug-likeness (QED) is 0.224. The van der Waals surface area contributed by atoms with Gasteiger partial charge in [-0.2, -0.15) is 0 Å². The Morgan fingerprint density at radius 2 is 1.50 bits per heavy atom. The van der Waals surface area contributed by atoms with Crippen molar-refractivity contribution in [1.29, 1.82) is 0 Å². The van der Waals surface area contributed by atoms with Crippen LogP contribution in [0.25, 0.3) is 22.0 Å². The Labute approximate surface area is 209 Å². The molecule has 1 aromatic heterocycles. The fourth-order valence-corrected chi connectivity index (χ4v) is 5.25. The van der Waals surface area contributed by atoms with Gasteiger partial charge >= 0.3 is 6.03 Å². The predicted molar refractivity (Wildman–Crippen MR) is 143 cm³/mol. The number of hydrogen-bond acceptors (Lipinski definition) is 3. The van der Waals surface area contributed by atoms with Crippen molar-refractivity contribution in [2.75, 3.05) is 10.0 Å². The zero-order valence-corrected chi connectivity index (χ0v) is 20.0. The molecule has 5 rings (SSSR count). The number of rotatable bonds is 7. The molecule has 0 aliphatic heterocycles. The molecule has 36 heavy (non-hydrogen) atoms. The number of aromatic nitrogens is 1. The van der Waals surface area contributed by atoms with Crippen LogP contribution in [0.3, 0.4) is 0 Å². The first kappa shape index (κ1) is 23.2. The second-order valence-electron chi connectivity index (χ2n) is 8.25. The highest BCUT2D eigenvalue weighted by Crippen LogP contribution is 2.28. The summed E-state index contributed by atoms with van der Waals surface area (Å²) in [5, 5.41) is 6.67. The maximum atomic E-state index is 13.1. The molecule has 0 fully saturated rings. The van der Waals surface area contributed by atoms with Crippen molar-refractivity contribution in [3.63, 3.8) is 0 Å². The number of hydrogen-bond donors (Lipinski definition) is 4. The fraction of sp³-hybridized carbons (Fsp3) is 0.0357. The summed E-state index contributed by atoms with van der Waals surface area (Å²) in [6.45, 7) is 0.381. The van der Waals surface area contributed by atoms with E-state index in [2.05, 4.69) is 20.3 Å². The Balaban J connectivity index is 1.22. The highest BCUT2D eigenvalue weighted by Gasteiger charge is 2.19. The van der Waals surface area contributed by atoms with Crippen molar-refractivity contribution in [2.45, 2.75) is 11.4 Å². The van der Waals surface area contributed by atoms with Crippen LogP contribution in [0.2, 0.25) is 0 Å². The van der Waals surface area contributed by atoms with E-state index < -0.39 is 10.0 Å². The fourth-order valence-electron chi connectivity index (χ4n) is 3.96. The molecule has 4 aromatic carbocycles. The van der Waals surface area contributed by atoms with Crippen LogP contribution in [0.5, 0.6) is 0 Å². The number of amides is 2. The second kappa shape index (κ2) is 9.97. The highest BCUT2D eigenvalue weighted by molar-refractivity contribution is 7.92. The Morgan fingerprint density at radius 1 is 0.778 bits per heavy atom. The Kier molecular flexibility index (Phi) is 6.42. The summed E-state index contributed by atoms with van der Waals surface area (Å²) in [5.74, 6) is 0. The van der Waals surface area contributed by atoms with Gasteiger partial charge in [0.15, 0.2) is 0 Å². The van der Waals surface area contributed by atoms with Crippen LogP contribution in [0.15, 0.2) is 114 Å². The zero-order chi connectivity index (χ0) is 25.0. The maximum absolute atomic E-state index is 13.1. The van der Waals surface area contributed by atoms with E-state index >= 15 is 0 Å². The van der Waals surface area contributed by atoms with Gasteiger partial charge in [-0.3, -0.25) is 4.72 Å². The van der Waals surface area contributed by atoms with Gasteiger partial charge in [-0.1, -0.05) is 54.6 Å². The summed E-state index contributed by atoms with van der Waals surface area (Å²) in [6.07, 6.45) is 1.88. The van der Waals surface area contributed by atoms with Gasteiger partial charge in [-0.25, -0.2) is 13.2 Å². The van der Waals surface area contributed by atoms with E-state index in [4.69, 9.17) is 0 Å². The molecule has 2 amide bonds. The number of benzene rings is 4. The van der Waals surface area contributed by atoms with Crippen LogP contribution in [0, 0.1) is 0 Å². The summed E-state index contributed by atoms with van der Waals surface area (Å²) in [6, 6.07) is 30.3. The summed E-state index contributed by atoms with van der Waals surface area (Å²) < 4.78 is 28.9. The van der Waals surface area contributed by atoms with Crippen LogP contribution in [-0.4, -0.2) is 19.4 Å². The van der Waals surface area contributed by atoms with Crippen LogP contribution in [0.1, 0.15) is 5.56 Å². The molecule has 0 aliphatic carbocycles. The molecule has 0 aliphatic rings. The normalized spacial score (nSPS) is 11.2. The zero-order valence-electron chi connectivity index (χ0n) is 19.2. The Morgan fingerprint density at radius 3 is 2.31 bits per heavy atom. The van der Waals surface area contributed by atoms with Gasteiger partial charge < -0.3 is 15.6 Å². The smallest absolute Gasteiger partial charge is 0.319 e. The number of urea groups is 1. The average molecular weight is 497 g/mol. The molecule has 8 heteroatoms. The van der Waals surface area contributed by atoms with E-state index in [0.29, 0.717) is 23.5 Å². The van der Waals surface area contributed by atoms with Gasteiger partial charge in [0.2, 0.25) is 0 Å². The van der Waals surface area contributed by atoms with Crippen molar-refractivity contribution in [2.24, 2.45) is 0 Å². The molecule has 1 heterocycles. The lowest BCUT2D eigenvalue weighted by Crippen LogP contribution is -2.28. The molecule has 7 nitrogen and oxygen atoms in total. The number of nitrogens with one attached hydrogen (secondary N) is 4. The molecular formula is C28H24N4O3S. The van der Waals surface area contributed by atoms with Gasteiger partial charge in [0.05, 0.1) is 4.90 Å². The lowest BCUT2D eigenvalue weighted by molar-refractivity contribution is 0.251. The molecule has 0 bridgehead atoms. The van der Waals surface area contributed by atoms with E-state index in [1.165, 1.54) is 0 Å². The molecular weight excluding hydrogens is 472 g/mol. The van der Waals surface area contributed by atoms with Crippen molar-refractivity contribution in [3.8, 4) is 11.1 Å². The van der Waals surface area contributed by atoms with E-state index in [0.717, 1.165) is 22.0 Å². The Bertz CT molecular complexity index is 1610. The number of aromatic amines is 1. The topological polar surface area (TPSA) is 103 Å². The van der Waals surface area contributed by atoms with Gasteiger partial charge in [0, 0.05) is 35.2 Å². The molecule has 0 spiro atoms. The molecule has 0 saturated carbocycles. The first-order valence-electron chi connectivity index (χ1n) is 11.4. The van der Waals surface area contributed by atoms with Gasteiger partial charge in [-0.05, 0) is 65.0 Å². The van der Waals surface area contributed by atoms with E-state index in [-0.39, 0.29) is 10.9 Å². The average Bonchev–Trinajstić information content (AvgIpc) is 3.37. The van der Waals surface area contributed by atoms with Crippen LogP contribution < -0.4 is 15.4 Å². The summed E-state index contributed by atoms with van der Waals surface area (Å²) >= 11 is 0. The number of H-pyrrole nitrogens is 1. The number of carbonyl (C=O) groups is 1. The minimum Gasteiger partial charge on any atom is -0.361 e. The molecule has 0 saturated heterocycles. The van der Waals surface area contributed by atoms with E-state index in [1.54, 1.807) is 42.5 Å². The third-order valence-corrected chi connectivity index (χ3v) is 7.17. The summed E-state index contributed by atoms with van der Waals surface area (Å²) in [4.78, 5) is 15.7. The Hall–Kier alpha value is -4.56. The van der Waals surface area contributed by atoms with Crippen molar-refractivity contribution in [1.82, 2.24) is 10.3 Å². The van der Waals surface area contributed by atoms with Gasteiger partial charge in [0.25, 0.3) is 10.0 Å². The van der Waals surface area contributed by atoms with Crippen LogP contribution >= 0.6 is 0 Å². The number of anilines is 2. The molecule has 180 valence electrons. The second-order valence-corrected chi connectivity index (χ2v) is 9.90. The largest absolute Gasteiger partial charge is 0.361 e. The van der Waals surface area contributed by atoms with Crippen molar-refractivity contribution >= 4 is 38.3 Å². The molecule has 4 N–H and O–H groups in total. The summed E-state index contributed by atoms with van der Waals surface area (Å²) in [5.41, 5.74) is 4.40. The minimum absolute atomic E-state index is 0.190. The molecule has 5 aromatic rings.